The van der Waals surface area contributed by atoms with Gasteiger partial charge in [0.15, 0.2) is 0 Å². The summed E-state index contributed by atoms with van der Waals surface area (Å²) in [5, 5.41) is 19.2. The predicted octanol–water partition coefficient (Wildman–Crippen LogP) is 2.29. The summed E-state index contributed by atoms with van der Waals surface area (Å²) in [5.74, 6) is -0.944. The van der Waals surface area contributed by atoms with Crippen molar-refractivity contribution in [1.29, 1.82) is 0 Å². The smallest absolute Gasteiger partial charge is 0.325 e. The van der Waals surface area contributed by atoms with Crippen LogP contribution in [0.25, 0.3) is 12.2 Å². The first-order chi connectivity index (χ1) is 9.34. The molecular weight excluding hydrogens is 276 g/mol. The number of hydrogen-bond acceptors (Lipinski definition) is 5. The van der Waals surface area contributed by atoms with Crippen LogP contribution in [0.4, 0.5) is 0 Å². The van der Waals surface area contributed by atoms with Gasteiger partial charge in [-0.15, -0.1) is 16.4 Å². The molecule has 0 radical (unpaired) electrons. The van der Waals surface area contributed by atoms with E-state index >= 15 is 0 Å². The number of carboxylic acids is 1. The number of aliphatic carboxylic acids is 1. The van der Waals surface area contributed by atoms with E-state index in [0.717, 1.165) is 10.7 Å². The van der Waals surface area contributed by atoms with Gasteiger partial charge in [-0.1, -0.05) is 26.0 Å². The molecule has 0 amide bonds. The van der Waals surface area contributed by atoms with Crippen LogP contribution >= 0.6 is 11.3 Å². The summed E-state index contributed by atoms with van der Waals surface area (Å²) in [6.07, 6.45) is 5.22. The van der Waals surface area contributed by atoms with Gasteiger partial charge in [0.05, 0.1) is 11.9 Å². The zero-order valence-corrected chi connectivity index (χ0v) is 12.4. The molecular formula is C13H16N4O2S. The number of carbonyl (C=O) groups is 1. The van der Waals surface area contributed by atoms with E-state index in [0.29, 0.717) is 5.69 Å². The van der Waals surface area contributed by atoms with Crippen molar-refractivity contribution in [3.05, 3.63) is 28.0 Å². The van der Waals surface area contributed by atoms with E-state index in [1.54, 1.807) is 23.6 Å². The van der Waals surface area contributed by atoms with Crippen molar-refractivity contribution in [2.24, 2.45) is 0 Å². The second-order valence-corrected chi connectivity index (χ2v) is 6.28. The minimum absolute atomic E-state index is 0.0349. The summed E-state index contributed by atoms with van der Waals surface area (Å²) in [4.78, 5) is 15.1. The average molecular weight is 292 g/mol. The molecule has 6 nitrogen and oxygen atoms in total. The third kappa shape index (κ3) is 3.74. The molecule has 0 unspecified atom stereocenters. The third-order valence-electron chi connectivity index (χ3n) is 2.54. The van der Waals surface area contributed by atoms with Crippen LogP contribution in [0.5, 0.6) is 0 Å². The molecule has 106 valence electrons. The van der Waals surface area contributed by atoms with Crippen LogP contribution in [0.15, 0.2) is 11.6 Å². The molecule has 0 saturated heterocycles. The Kier molecular flexibility index (Phi) is 3.99. The number of rotatable bonds is 4. The van der Waals surface area contributed by atoms with E-state index in [1.165, 1.54) is 4.68 Å². The highest BCUT2D eigenvalue weighted by Gasteiger charge is 2.16. The van der Waals surface area contributed by atoms with Crippen LogP contribution in [0.3, 0.4) is 0 Å². The van der Waals surface area contributed by atoms with Crippen LogP contribution in [-0.2, 0) is 16.8 Å². The quantitative estimate of drug-likeness (QED) is 0.935. The molecule has 2 aromatic rings. The lowest BCUT2D eigenvalue weighted by atomic mass is 9.93. The Labute approximate surface area is 120 Å². The van der Waals surface area contributed by atoms with E-state index in [4.69, 9.17) is 5.11 Å². The second-order valence-electron chi connectivity index (χ2n) is 5.39. The van der Waals surface area contributed by atoms with Gasteiger partial charge >= 0.3 is 5.97 Å². The van der Waals surface area contributed by atoms with Gasteiger partial charge in [-0.05, 0) is 12.2 Å². The molecule has 0 atom stereocenters. The van der Waals surface area contributed by atoms with Crippen LogP contribution < -0.4 is 0 Å². The number of thiazole rings is 1. The molecule has 0 aliphatic carbocycles. The highest BCUT2D eigenvalue weighted by molar-refractivity contribution is 7.10. The molecule has 2 aromatic heterocycles. The van der Waals surface area contributed by atoms with Crippen molar-refractivity contribution < 1.29 is 9.90 Å². The molecule has 0 aliphatic rings. The fraction of sp³-hybridized carbons (Fsp3) is 0.385. The van der Waals surface area contributed by atoms with Crippen molar-refractivity contribution in [1.82, 2.24) is 20.0 Å². The maximum Gasteiger partial charge on any atom is 0.325 e. The van der Waals surface area contributed by atoms with Crippen molar-refractivity contribution in [3.63, 3.8) is 0 Å². The lowest BCUT2D eigenvalue weighted by molar-refractivity contribution is -0.137. The Morgan fingerprint density at radius 2 is 2.20 bits per heavy atom. The van der Waals surface area contributed by atoms with Gasteiger partial charge in [-0.25, -0.2) is 9.67 Å². The first-order valence-corrected chi connectivity index (χ1v) is 6.98. The van der Waals surface area contributed by atoms with Gasteiger partial charge in [-0.3, -0.25) is 4.79 Å². The first kappa shape index (κ1) is 14.4. The average Bonchev–Trinajstić information content (AvgIpc) is 2.93. The van der Waals surface area contributed by atoms with Crippen LogP contribution in [-0.4, -0.2) is 31.1 Å². The van der Waals surface area contributed by atoms with E-state index in [2.05, 4.69) is 36.1 Å². The SMILES string of the molecule is CC(C)(C)c1csc(/C=C/c2cn(CC(=O)O)nn2)n1. The molecule has 0 saturated carbocycles. The Hall–Kier alpha value is -2.02. The summed E-state index contributed by atoms with van der Waals surface area (Å²) in [5.41, 5.74) is 1.70. The molecule has 2 heterocycles. The molecule has 20 heavy (non-hydrogen) atoms. The molecule has 0 aromatic carbocycles. The van der Waals surface area contributed by atoms with Gasteiger partial charge in [0.2, 0.25) is 0 Å². The van der Waals surface area contributed by atoms with E-state index in [9.17, 15) is 4.79 Å². The summed E-state index contributed by atoms with van der Waals surface area (Å²) >= 11 is 1.57. The zero-order valence-electron chi connectivity index (χ0n) is 11.6. The van der Waals surface area contributed by atoms with Crippen molar-refractivity contribution in [2.75, 3.05) is 0 Å². The van der Waals surface area contributed by atoms with E-state index in [-0.39, 0.29) is 12.0 Å². The standard InChI is InChI=1S/C13H16N4O2S/c1-13(2,3)10-8-20-11(14-10)5-4-9-6-17(16-15-9)7-12(18)19/h4-6,8H,7H2,1-3H3,(H,18,19)/b5-4+. The maximum absolute atomic E-state index is 10.5. The Morgan fingerprint density at radius 1 is 1.45 bits per heavy atom. The maximum atomic E-state index is 10.5. The minimum Gasteiger partial charge on any atom is -0.480 e. The number of nitrogens with zero attached hydrogens (tertiary/aromatic N) is 4. The van der Waals surface area contributed by atoms with Gasteiger partial charge in [-0.2, -0.15) is 0 Å². The lowest BCUT2D eigenvalue weighted by Crippen LogP contribution is -2.11. The second kappa shape index (κ2) is 5.54. The van der Waals surface area contributed by atoms with Crippen molar-refractivity contribution in [2.45, 2.75) is 32.7 Å². The summed E-state index contributed by atoms with van der Waals surface area (Å²) in [6, 6.07) is 0. The molecule has 2 rings (SSSR count). The Morgan fingerprint density at radius 3 is 2.80 bits per heavy atom. The fourth-order valence-electron chi connectivity index (χ4n) is 1.47. The molecule has 0 aliphatic heterocycles. The molecule has 0 bridgehead atoms. The zero-order chi connectivity index (χ0) is 14.8. The largest absolute Gasteiger partial charge is 0.480 e. The lowest BCUT2D eigenvalue weighted by Gasteiger charge is -2.13. The normalized spacial score (nSPS) is 12.2. The van der Waals surface area contributed by atoms with E-state index in [1.807, 2.05) is 11.5 Å². The summed E-state index contributed by atoms with van der Waals surface area (Å²) < 4.78 is 1.28. The number of hydrogen-bond donors (Lipinski definition) is 1. The highest BCUT2D eigenvalue weighted by Crippen LogP contribution is 2.24. The number of aromatic nitrogens is 4. The Balaban J connectivity index is 2.07. The minimum atomic E-state index is -0.944. The summed E-state index contributed by atoms with van der Waals surface area (Å²) in [7, 11) is 0. The van der Waals surface area contributed by atoms with E-state index < -0.39 is 5.97 Å². The predicted molar refractivity (Wildman–Crippen MR) is 77.4 cm³/mol. The monoisotopic (exact) mass is 292 g/mol. The summed E-state index contributed by atoms with van der Waals surface area (Å²) in [6.45, 7) is 6.17. The number of carboxylic acid groups (broad SMARTS) is 1. The van der Waals surface area contributed by atoms with Gasteiger partial charge in [0.25, 0.3) is 0 Å². The molecule has 7 heteroatoms. The third-order valence-corrected chi connectivity index (χ3v) is 3.35. The molecule has 0 fully saturated rings. The topological polar surface area (TPSA) is 80.9 Å². The van der Waals surface area contributed by atoms with Gasteiger partial charge < -0.3 is 5.11 Å². The van der Waals surface area contributed by atoms with Crippen LogP contribution in [0, 0.1) is 0 Å². The van der Waals surface area contributed by atoms with Crippen molar-refractivity contribution >= 4 is 29.5 Å². The Bertz CT molecular complexity index is 637. The van der Waals surface area contributed by atoms with Crippen molar-refractivity contribution in [3.8, 4) is 0 Å². The van der Waals surface area contributed by atoms with Gasteiger partial charge in [0.1, 0.15) is 17.2 Å². The molecule has 0 spiro atoms. The molecule has 1 N–H and O–H groups in total. The van der Waals surface area contributed by atoms with Crippen LogP contribution in [0.2, 0.25) is 0 Å². The fourth-order valence-corrected chi connectivity index (χ4v) is 2.41. The van der Waals surface area contributed by atoms with Gasteiger partial charge in [0, 0.05) is 10.8 Å². The van der Waals surface area contributed by atoms with Crippen LogP contribution in [0.1, 0.15) is 37.2 Å². The first-order valence-electron chi connectivity index (χ1n) is 6.10. The highest BCUT2D eigenvalue weighted by atomic mass is 32.1.